The second-order valence-corrected chi connectivity index (χ2v) is 4.54. The van der Waals surface area contributed by atoms with Gasteiger partial charge in [-0.2, -0.15) is 0 Å². The molecule has 1 amide bonds. The zero-order valence-corrected chi connectivity index (χ0v) is 11.5. The second kappa shape index (κ2) is 9.30. The van der Waals surface area contributed by atoms with Gasteiger partial charge in [0.1, 0.15) is 0 Å². The van der Waals surface area contributed by atoms with E-state index in [1.165, 1.54) is 6.42 Å². The minimum absolute atomic E-state index is 0.0892. The van der Waals surface area contributed by atoms with Crippen LogP contribution >= 0.6 is 0 Å². The molecule has 0 radical (unpaired) electrons. The smallest absolute Gasteiger partial charge is 0.220 e. The van der Waals surface area contributed by atoms with Crippen LogP contribution in [0.2, 0.25) is 0 Å². The van der Waals surface area contributed by atoms with Crippen LogP contribution in [0.4, 0.5) is 0 Å². The van der Waals surface area contributed by atoms with E-state index in [2.05, 4.69) is 10.6 Å². The van der Waals surface area contributed by atoms with Gasteiger partial charge in [0.25, 0.3) is 0 Å². The van der Waals surface area contributed by atoms with Crippen molar-refractivity contribution in [3.05, 3.63) is 0 Å². The number of hydrogen-bond acceptors (Lipinski definition) is 4. The Morgan fingerprint density at radius 2 is 2.11 bits per heavy atom. The van der Waals surface area contributed by atoms with Gasteiger partial charge >= 0.3 is 0 Å². The van der Waals surface area contributed by atoms with Crippen molar-refractivity contribution in [1.82, 2.24) is 10.6 Å². The maximum Gasteiger partial charge on any atom is 0.220 e. The van der Waals surface area contributed by atoms with E-state index in [1.807, 2.05) is 13.8 Å². The quantitative estimate of drug-likeness (QED) is 0.603. The van der Waals surface area contributed by atoms with Gasteiger partial charge in [-0.15, -0.1) is 0 Å². The number of carbonyl (C=O) groups is 1. The van der Waals surface area contributed by atoms with Crippen molar-refractivity contribution in [2.45, 2.75) is 39.4 Å². The Balaban J connectivity index is 2.10. The van der Waals surface area contributed by atoms with E-state index in [1.54, 1.807) is 0 Å². The molecule has 18 heavy (non-hydrogen) atoms. The first-order chi connectivity index (χ1) is 8.76. The molecule has 0 aromatic carbocycles. The van der Waals surface area contributed by atoms with Crippen LogP contribution in [0.25, 0.3) is 0 Å². The maximum atomic E-state index is 11.7. The molecule has 1 heterocycles. The van der Waals surface area contributed by atoms with E-state index in [0.717, 1.165) is 19.5 Å². The molecule has 1 rings (SSSR count). The van der Waals surface area contributed by atoms with Crippen molar-refractivity contribution in [2.75, 3.05) is 32.8 Å². The predicted molar refractivity (Wildman–Crippen MR) is 70.3 cm³/mol. The number of ether oxygens (including phenoxy) is 2. The van der Waals surface area contributed by atoms with E-state index in [0.29, 0.717) is 32.1 Å². The molecule has 0 aromatic rings. The van der Waals surface area contributed by atoms with Gasteiger partial charge in [0, 0.05) is 19.6 Å². The van der Waals surface area contributed by atoms with E-state index in [-0.39, 0.29) is 12.2 Å². The van der Waals surface area contributed by atoms with Crippen molar-refractivity contribution >= 4 is 5.91 Å². The van der Waals surface area contributed by atoms with Crippen LogP contribution in [0.15, 0.2) is 0 Å². The molecule has 0 aromatic heterocycles. The van der Waals surface area contributed by atoms with E-state index in [9.17, 15) is 4.79 Å². The zero-order chi connectivity index (χ0) is 13.2. The summed E-state index contributed by atoms with van der Waals surface area (Å²) in [4.78, 5) is 11.7. The third-order valence-electron chi connectivity index (χ3n) is 3.11. The molecule has 5 nitrogen and oxygen atoms in total. The predicted octanol–water partition coefficient (Wildman–Crippen LogP) is 0.891. The first-order valence-electron chi connectivity index (χ1n) is 6.96. The summed E-state index contributed by atoms with van der Waals surface area (Å²) < 4.78 is 10.7. The molecule has 1 saturated heterocycles. The molecule has 2 N–H and O–H groups in total. The number of nitrogens with one attached hydrogen (secondary N) is 2. The lowest BCUT2D eigenvalue weighted by atomic mass is 10.0. The lowest BCUT2D eigenvalue weighted by Crippen LogP contribution is -2.35. The molecule has 0 spiro atoms. The lowest BCUT2D eigenvalue weighted by molar-refractivity contribution is -0.140. The van der Waals surface area contributed by atoms with Crippen LogP contribution in [0.3, 0.4) is 0 Å². The van der Waals surface area contributed by atoms with Crippen molar-refractivity contribution in [1.29, 1.82) is 0 Å². The van der Waals surface area contributed by atoms with Gasteiger partial charge in [0.05, 0.1) is 6.54 Å². The van der Waals surface area contributed by atoms with Crippen LogP contribution < -0.4 is 10.6 Å². The average Bonchev–Trinajstić information content (AvgIpc) is 2.87. The van der Waals surface area contributed by atoms with Crippen LogP contribution in [0.5, 0.6) is 0 Å². The van der Waals surface area contributed by atoms with Crippen molar-refractivity contribution in [3.63, 3.8) is 0 Å². The summed E-state index contributed by atoms with van der Waals surface area (Å²) in [6, 6.07) is 0. The van der Waals surface area contributed by atoms with Crippen LogP contribution in [0.1, 0.15) is 33.1 Å². The van der Waals surface area contributed by atoms with E-state index in [4.69, 9.17) is 9.47 Å². The molecule has 5 heteroatoms. The topological polar surface area (TPSA) is 59.6 Å². The van der Waals surface area contributed by atoms with Gasteiger partial charge in [-0.1, -0.05) is 0 Å². The lowest BCUT2D eigenvalue weighted by Gasteiger charge is -2.17. The number of carbonyl (C=O) groups excluding carboxylic acids is 1. The summed E-state index contributed by atoms with van der Waals surface area (Å²) in [6.07, 6.45) is 2.43. The van der Waals surface area contributed by atoms with Crippen LogP contribution in [0, 0.1) is 5.92 Å². The molecule has 0 aliphatic carbocycles. The van der Waals surface area contributed by atoms with Gasteiger partial charge in [0.15, 0.2) is 6.29 Å². The Labute approximate surface area is 110 Å². The molecular weight excluding hydrogens is 232 g/mol. The Morgan fingerprint density at radius 3 is 2.67 bits per heavy atom. The van der Waals surface area contributed by atoms with Crippen molar-refractivity contribution in [2.24, 2.45) is 5.92 Å². The molecule has 1 aliphatic heterocycles. The first-order valence-corrected chi connectivity index (χ1v) is 6.96. The highest BCUT2D eigenvalue weighted by molar-refractivity contribution is 5.75. The summed E-state index contributed by atoms with van der Waals surface area (Å²) >= 11 is 0. The van der Waals surface area contributed by atoms with Gasteiger partial charge in [-0.3, -0.25) is 4.79 Å². The molecule has 1 fully saturated rings. The summed E-state index contributed by atoms with van der Waals surface area (Å²) in [5.41, 5.74) is 0. The minimum atomic E-state index is -0.322. The summed E-state index contributed by atoms with van der Waals surface area (Å²) in [7, 11) is 0. The standard InChI is InChI=1S/C13H26N2O3/c1-3-17-13(18-4-2)10-15-12(16)6-5-11-7-8-14-9-11/h11,13-14H,3-10H2,1-2H3,(H,15,16). The fraction of sp³-hybridized carbons (Fsp3) is 0.923. The van der Waals surface area contributed by atoms with Crippen molar-refractivity contribution < 1.29 is 14.3 Å². The Morgan fingerprint density at radius 1 is 1.39 bits per heavy atom. The second-order valence-electron chi connectivity index (χ2n) is 4.54. The highest BCUT2D eigenvalue weighted by atomic mass is 16.7. The molecule has 0 bridgehead atoms. The Bertz CT molecular complexity index is 224. The van der Waals surface area contributed by atoms with Gasteiger partial charge in [-0.05, 0) is 45.7 Å². The molecule has 106 valence electrons. The summed E-state index contributed by atoms with van der Waals surface area (Å²) in [5.74, 6) is 0.747. The highest BCUT2D eigenvalue weighted by Gasteiger charge is 2.16. The fourth-order valence-corrected chi connectivity index (χ4v) is 2.12. The zero-order valence-electron chi connectivity index (χ0n) is 11.5. The van der Waals surface area contributed by atoms with Crippen LogP contribution in [-0.2, 0) is 14.3 Å². The third kappa shape index (κ3) is 6.33. The van der Waals surface area contributed by atoms with Gasteiger partial charge in [0.2, 0.25) is 5.91 Å². The molecule has 0 saturated carbocycles. The van der Waals surface area contributed by atoms with E-state index < -0.39 is 0 Å². The normalized spacial score (nSPS) is 19.4. The number of hydrogen-bond donors (Lipinski definition) is 2. The molecule has 1 unspecified atom stereocenters. The maximum absolute atomic E-state index is 11.7. The van der Waals surface area contributed by atoms with E-state index >= 15 is 0 Å². The Kier molecular flexibility index (Phi) is 7.96. The highest BCUT2D eigenvalue weighted by Crippen LogP contribution is 2.13. The fourth-order valence-electron chi connectivity index (χ4n) is 2.12. The third-order valence-corrected chi connectivity index (χ3v) is 3.11. The van der Waals surface area contributed by atoms with Gasteiger partial charge < -0.3 is 20.1 Å². The van der Waals surface area contributed by atoms with Gasteiger partial charge in [-0.25, -0.2) is 0 Å². The summed E-state index contributed by atoms with van der Waals surface area (Å²) in [5, 5.41) is 6.18. The average molecular weight is 258 g/mol. The molecule has 1 aliphatic rings. The first kappa shape index (κ1) is 15.4. The summed E-state index contributed by atoms with van der Waals surface area (Å²) in [6.45, 7) is 7.59. The SMILES string of the molecule is CCOC(CNC(=O)CCC1CCNC1)OCC. The minimum Gasteiger partial charge on any atom is -0.351 e. The Hall–Kier alpha value is -0.650. The monoisotopic (exact) mass is 258 g/mol. The molecular formula is C13H26N2O3. The largest absolute Gasteiger partial charge is 0.351 e. The number of rotatable bonds is 9. The molecule has 1 atom stereocenters. The number of amides is 1. The van der Waals surface area contributed by atoms with Crippen LogP contribution in [-0.4, -0.2) is 45.0 Å². The van der Waals surface area contributed by atoms with Crippen molar-refractivity contribution in [3.8, 4) is 0 Å².